The Hall–Kier alpha value is -1.42. The number of anilines is 1. The number of carbonyl (C=O) groups is 1. The van der Waals surface area contributed by atoms with Gasteiger partial charge in [-0.15, -0.1) is 0 Å². The molecule has 4 nitrogen and oxygen atoms in total. The molecule has 0 aromatic carbocycles. The van der Waals surface area contributed by atoms with Gasteiger partial charge in [0.25, 0.3) is 0 Å². The van der Waals surface area contributed by atoms with Crippen LogP contribution in [0.2, 0.25) is 0 Å². The second-order valence-corrected chi connectivity index (χ2v) is 4.50. The van der Waals surface area contributed by atoms with Crippen LogP contribution in [0.1, 0.15) is 31.4 Å². The predicted octanol–water partition coefficient (Wildman–Crippen LogP) is 1.60. The molecule has 3 N–H and O–H groups in total. The van der Waals surface area contributed by atoms with Crippen LogP contribution in [-0.4, -0.2) is 16.4 Å². The highest BCUT2D eigenvalue weighted by molar-refractivity contribution is 5.98. The Labute approximate surface area is 95.3 Å². The van der Waals surface area contributed by atoms with Gasteiger partial charge in [0.2, 0.25) is 5.91 Å². The fraction of sp³-hybridized carbons (Fsp3) is 0.500. The highest BCUT2D eigenvalue weighted by Gasteiger charge is 2.36. The molecule has 0 bridgehead atoms. The summed E-state index contributed by atoms with van der Waals surface area (Å²) in [6.07, 6.45) is 5.33. The first-order valence-corrected chi connectivity index (χ1v) is 5.63. The number of nitrogens with two attached hydrogens (primary N) is 1. The third-order valence-electron chi connectivity index (χ3n) is 3.10. The van der Waals surface area contributed by atoms with Crippen molar-refractivity contribution in [2.45, 2.75) is 38.1 Å². The lowest BCUT2D eigenvalue weighted by Crippen LogP contribution is -2.48. The van der Waals surface area contributed by atoms with Crippen molar-refractivity contribution >= 4 is 11.6 Å². The van der Waals surface area contributed by atoms with Gasteiger partial charge in [-0.25, -0.2) is 0 Å². The summed E-state index contributed by atoms with van der Waals surface area (Å²) in [5.41, 5.74) is 7.05. The SMILES string of the molecule is Cc1cc(NC(=O)C2(N)CCCC2)ccn1. The maximum absolute atomic E-state index is 12.0. The molecule has 1 fully saturated rings. The number of hydrogen-bond donors (Lipinski definition) is 2. The van der Waals surface area contributed by atoms with Gasteiger partial charge < -0.3 is 11.1 Å². The van der Waals surface area contributed by atoms with Gasteiger partial charge in [-0.1, -0.05) is 12.8 Å². The van der Waals surface area contributed by atoms with Crippen LogP contribution in [0.15, 0.2) is 18.3 Å². The van der Waals surface area contributed by atoms with E-state index in [4.69, 9.17) is 5.73 Å². The van der Waals surface area contributed by atoms with Gasteiger partial charge in [-0.2, -0.15) is 0 Å². The number of amides is 1. The van der Waals surface area contributed by atoms with Crippen molar-refractivity contribution in [1.82, 2.24) is 4.98 Å². The molecule has 0 radical (unpaired) electrons. The van der Waals surface area contributed by atoms with Gasteiger partial charge >= 0.3 is 0 Å². The summed E-state index contributed by atoms with van der Waals surface area (Å²) in [6, 6.07) is 3.62. The molecule has 1 aromatic heterocycles. The van der Waals surface area contributed by atoms with Crippen molar-refractivity contribution in [3.05, 3.63) is 24.0 Å². The van der Waals surface area contributed by atoms with Crippen LogP contribution in [0.5, 0.6) is 0 Å². The van der Waals surface area contributed by atoms with Gasteiger partial charge in [0, 0.05) is 17.6 Å². The van der Waals surface area contributed by atoms with E-state index in [-0.39, 0.29) is 5.91 Å². The smallest absolute Gasteiger partial charge is 0.244 e. The molecule has 1 saturated carbocycles. The van der Waals surface area contributed by atoms with Gasteiger partial charge in [-0.3, -0.25) is 9.78 Å². The molecule has 1 aliphatic carbocycles. The monoisotopic (exact) mass is 219 g/mol. The van der Waals surface area contributed by atoms with Crippen molar-refractivity contribution in [1.29, 1.82) is 0 Å². The van der Waals surface area contributed by atoms with Crippen molar-refractivity contribution in [3.63, 3.8) is 0 Å². The average molecular weight is 219 g/mol. The van der Waals surface area contributed by atoms with Crippen molar-refractivity contribution in [2.24, 2.45) is 5.73 Å². The first kappa shape index (κ1) is 11.1. The summed E-state index contributed by atoms with van der Waals surface area (Å²) < 4.78 is 0. The quantitative estimate of drug-likeness (QED) is 0.793. The molecular formula is C12H17N3O. The van der Waals surface area contributed by atoms with Crippen LogP contribution in [0.25, 0.3) is 0 Å². The highest BCUT2D eigenvalue weighted by atomic mass is 16.2. The molecule has 1 amide bonds. The number of aromatic nitrogens is 1. The average Bonchev–Trinajstić information content (AvgIpc) is 2.66. The topological polar surface area (TPSA) is 68.0 Å². The molecule has 2 rings (SSSR count). The standard InChI is InChI=1S/C12H17N3O/c1-9-8-10(4-7-14-9)15-11(16)12(13)5-2-3-6-12/h4,7-8H,2-3,5-6,13H2,1H3,(H,14,15,16). The minimum atomic E-state index is -0.669. The fourth-order valence-corrected chi connectivity index (χ4v) is 2.11. The molecule has 86 valence electrons. The van der Waals surface area contributed by atoms with Gasteiger partial charge in [0.15, 0.2) is 0 Å². The van der Waals surface area contributed by atoms with E-state index in [1.54, 1.807) is 12.3 Å². The number of aryl methyl sites for hydroxylation is 1. The first-order valence-electron chi connectivity index (χ1n) is 5.63. The maximum atomic E-state index is 12.0. The Morgan fingerprint density at radius 3 is 2.81 bits per heavy atom. The molecular weight excluding hydrogens is 202 g/mol. The largest absolute Gasteiger partial charge is 0.324 e. The van der Waals surface area contributed by atoms with Crippen molar-refractivity contribution in [3.8, 4) is 0 Å². The van der Waals surface area contributed by atoms with Gasteiger partial charge in [-0.05, 0) is 31.9 Å². The lowest BCUT2D eigenvalue weighted by molar-refractivity contribution is -0.121. The van der Waals surface area contributed by atoms with Gasteiger partial charge in [0.05, 0.1) is 5.54 Å². The zero-order valence-electron chi connectivity index (χ0n) is 9.49. The molecule has 0 unspecified atom stereocenters. The number of hydrogen-bond acceptors (Lipinski definition) is 3. The van der Waals surface area contributed by atoms with E-state index < -0.39 is 5.54 Å². The second-order valence-electron chi connectivity index (χ2n) is 4.50. The Bertz CT molecular complexity index is 397. The molecule has 1 heterocycles. The zero-order valence-corrected chi connectivity index (χ0v) is 9.49. The third-order valence-corrected chi connectivity index (χ3v) is 3.10. The summed E-state index contributed by atoms with van der Waals surface area (Å²) in [7, 11) is 0. The van der Waals surface area contributed by atoms with Crippen LogP contribution >= 0.6 is 0 Å². The molecule has 1 aromatic rings. The first-order chi connectivity index (χ1) is 7.60. The number of nitrogens with zero attached hydrogens (tertiary/aromatic N) is 1. The summed E-state index contributed by atoms with van der Waals surface area (Å²) in [5, 5.41) is 2.86. The Kier molecular flexibility index (Phi) is 2.92. The molecule has 0 saturated heterocycles. The van der Waals surface area contributed by atoms with E-state index in [1.165, 1.54) is 0 Å². The maximum Gasteiger partial charge on any atom is 0.244 e. The highest BCUT2D eigenvalue weighted by Crippen LogP contribution is 2.28. The van der Waals surface area contributed by atoms with Crippen LogP contribution in [0, 0.1) is 6.92 Å². The minimum Gasteiger partial charge on any atom is -0.324 e. The number of carbonyl (C=O) groups excluding carboxylic acids is 1. The molecule has 1 aliphatic rings. The summed E-state index contributed by atoms with van der Waals surface area (Å²) >= 11 is 0. The molecule has 0 atom stereocenters. The van der Waals surface area contributed by atoms with Crippen LogP contribution in [-0.2, 0) is 4.79 Å². The summed E-state index contributed by atoms with van der Waals surface area (Å²) in [4.78, 5) is 16.1. The zero-order chi connectivity index (χ0) is 11.6. The van der Waals surface area contributed by atoms with Crippen LogP contribution in [0.3, 0.4) is 0 Å². The van der Waals surface area contributed by atoms with Crippen LogP contribution < -0.4 is 11.1 Å². The normalized spacial score (nSPS) is 18.4. The number of rotatable bonds is 2. The van der Waals surface area contributed by atoms with E-state index in [1.807, 2.05) is 13.0 Å². The molecule has 4 heteroatoms. The third kappa shape index (κ3) is 2.22. The summed E-state index contributed by atoms with van der Waals surface area (Å²) in [5.74, 6) is -0.0735. The Morgan fingerprint density at radius 1 is 1.50 bits per heavy atom. The number of nitrogens with one attached hydrogen (secondary N) is 1. The van der Waals surface area contributed by atoms with E-state index in [0.29, 0.717) is 0 Å². The second kappa shape index (κ2) is 4.22. The minimum absolute atomic E-state index is 0.0735. The van der Waals surface area contributed by atoms with Crippen molar-refractivity contribution in [2.75, 3.05) is 5.32 Å². The van der Waals surface area contributed by atoms with E-state index in [9.17, 15) is 4.79 Å². The predicted molar refractivity (Wildman–Crippen MR) is 63.0 cm³/mol. The molecule has 0 aliphatic heterocycles. The number of pyridine rings is 1. The lowest BCUT2D eigenvalue weighted by atomic mass is 9.98. The summed E-state index contributed by atoms with van der Waals surface area (Å²) in [6.45, 7) is 1.89. The lowest BCUT2D eigenvalue weighted by Gasteiger charge is -2.22. The van der Waals surface area contributed by atoms with E-state index in [0.717, 1.165) is 37.1 Å². The Morgan fingerprint density at radius 2 is 2.19 bits per heavy atom. The molecule has 16 heavy (non-hydrogen) atoms. The molecule has 0 spiro atoms. The Balaban J connectivity index is 2.07. The van der Waals surface area contributed by atoms with Crippen LogP contribution in [0.4, 0.5) is 5.69 Å². The van der Waals surface area contributed by atoms with E-state index in [2.05, 4.69) is 10.3 Å². The fourth-order valence-electron chi connectivity index (χ4n) is 2.11. The van der Waals surface area contributed by atoms with Gasteiger partial charge in [0.1, 0.15) is 0 Å². The van der Waals surface area contributed by atoms with Crippen molar-refractivity contribution < 1.29 is 4.79 Å². The van der Waals surface area contributed by atoms with E-state index >= 15 is 0 Å².